The Balaban J connectivity index is 2.44. The van der Waals surface area contributed by atoms with E-state index in [0.29, 0.717) is 18.6 Å². The molecule has 2 heteroatoms. The van der Waals surface area contributed by atoms with Crippen LogP contribution in [0.5, 0.6) is 0 Å². The van der Waals surface area contributed by atoms with Crippen molar-refractivity contribution in [3.05, 3.63) is 0 Å². The summed E-state index contributed by atoms with van der Waals surface area (Å²) in [5.41, 5.74) is 0.189. The molecule has 0 heterocycles. The number of Topliss-reactive ketones (excluding diaryl/α,β-unsaturated/α-hetero) is 1. The van der Waals surface area contributed by atoms with Gasteiger partial charge in [0.15, 0.2) is 0 Å². The van der Waals surface area contributed by atoms with Crippen LogP contribution in [0.3, 0.4) is 0 Å². The van der Waals surface area contributed by atoms with E-state index in [1.165, 1.54) is 0 Å². The molecular formula is C11H18O2. The molecule has 2 nitrogen and oxygen atoms in total. The molecule has 0 aromatic carbocycles. The number of ketones is 1. The van der Waals surface area contributed by atoms with Crippen molar-refractivity contribution in [2.24, 2.45) is 11.3 Å². The van der Waals surface area contributed by atoms with E-state index >= 15 is 0 Å². The largest absolute Gasteiger partial charge is 0.303 e. The summed E-state index contributed by atoms with van der Waals surface area (Å²) in [5, 5.41) is 0. The minimum absolute atomic E-state index is 0.165. The monoisotopic (exact) mass is 182 g/mol. The van der Waals surface area contributed by atoms with Crippen molar-refractivity contribution in [3.8, 4) is 0 Å². The average molecular weight is 182 g/mol. The van der Waals surface area contributed by atoms with Crippen LogP contribution in [0.1, 0.15) is 46.0 Å². The van der Waals surface area contributed by atoms with E-state index in [-0.39, 0.29) is 11.3 Å². The Kier molecular flexibility index (Phi) is 3.23. The zero-order chi connectivity index (χ0) is 9.90. The summed E-state index contributed by atoms with van der Waals surface area (Å²) in [5.74, 6) is 0.524. The Bertz CT molecular complexity index is 206. The zero-order valence-corrected chi connectivity index (χ0v) is 8.51. The minimum Gasteiger partial charge on any atom is -0.303 e. The molecule has 0 saturated heterocycles. The molecule has 0 bridgehead atoms. The molecule has 1 fully saturated rings. The second-order valence-electron chi connectivity index (χ2n) is 4.79. The van der Waals surface area contributed by atoms with Crippen molar-refractivity contribution in [1.82, 2.24) is 0 Å². The van der Waals surface area contributed by atoms with Gasteiger partial charge in [-0.2, -0.15) is 0 Å². The van der Waals surface area contributed by atoms with Gasteiger partial charge in [-0.3, -0.25) is 4.79 Å². The van der Waals surface area contributed by atoms with Crippen molar-refractivity contribution in [3.63, 3.8) is 0 Å². The number of hydrogen-bond acceptors (Lipinski definition) is 2. The van der Waals surface area contributed by atoms with Crippen LogP contribution in [-0.4, -0.2) is 12.1 Å². The Morgan fingerprint density at radius 1 is 1.54 bits per heavy atom. The summed E-state index contributed by atoms with van der Waals surface area (Å²) >= 11 is 0. The number of carbonyl (C=O) groups excluding carboxylic acids is 2. The predicted molar refractivity (Wildman–Crippen MR) is 51.4 cm³/mol. The van der Waals surface area contributed by atoms with Gasteiger partial charge in [0.2, 0.25) is 0 Å². The van der Waals surface area contributed by atoms with Gasteiger partial charge in [0.05, 0.1) is 0 Å². The Hall–Kier alpha value is -0.660. The highest BCUT2D eigenvalue weighted by Crippen LogP contribution is 2.37. The van der Waals surface area contributed by atoms with Gasteiger partial charge in [-0.05, 0) is 24.7 Å². The first-order valence-corrected chi connectivity index (χ1v) is 5.01. The Morgan fingerprint density at radius 3 is 2.77 bits per heavy atom. The van der Waals surface area contributed by atoms with Crippen LogP contribution >= 0.6 is 0 Å². The SMILES string of the molecule is CC1(C)CCC(CCC=O)C(=O)C1. The van der Waals surface area contributed by atoms with Crippen molar-refractivity contribution in [2.45, 2.75) is 46.0 Å². The Labute approximate surface area is 79.7 Å². The maximum atomic E-state index is 11.6. The van der Waals surface area contributed by atoms with E-state index in [1.807, 2.05) is 0 Å². The van der Waals surface area contributed by atoms with E-state index in [1.54, 1.807) is 0 Å². The minimum atomic E-state index is 0.165. The van der Waals surface area contributed by atoms with E-state index in [2.05, 4.69) is 13.8 Å². The van der Waals surface area contributed by atoms with Crippen LogP contribution in [0, 0.1) is 11.3 Å². The molecule has 1 aliphatic carbocycles. The molecule has 0 radical (unpaired) electrons. The van der Waals surface area contributed by atoms with Crippen LogP contribution in [-0.2, 0) is 9.59 Å². The Morgan fingerprint density at radius 2 is 2.23 bits per heavy atom. The van der Waals surface area contributed by atoms with Crippen molar-refractivity contribution in [2.75, 3.05) is 0 Å². The molecular weight excluding hydrogens is 164 g/mol. The molecule has 74 valence electrons. The van der Waals surface area contributed by atoms with E-state index in [4.69, 9.17) is 0 Å². The van der Waals surface area contributed by atoms with Gasteiger partial charge < -0.3 is 4.79 Å². The lowest BCUT2D eigenvalue weighted by molar-refractivity contribution is -0.128. The molecule has 1 aliphatic rings. The van der Waals surface area contributed by atoms with Crippen molar-refractivity contribution in [1.29, 1.82) is 0 Å². The number of aldehydes is 1. The van der Waals surface area contributed by atoms with Gasteiger partial charge in [0.25, 0.3) is 0 Å². The molecule has 1 rings (SSSR count). The molecule has 0 aromatic heterocycles. The topological polar surface area (TPSA) is 34.1 Å². The van der Waals surface area contributed by atoms with E-state index in [0.717, 1.165) is 25.5 Å². The van der Waals surface area contributed by atoms with Crippen molar-refractivity contribution < 1.29 is 9.59 Å². The third kappa shape index (κ3) is 2.94. The lowest BCUT2D eigenvalue weighted by atomic mass is 9.71. The fourth-order valence-electron chi connectivity index (χ4n) is 2.00. The third-order valence-electron chi connectivity index (χ3n) is 2.91. The molecule has 0 aromatic rings. The predicted octanol–water partition coefficient (Wildman–Crippen LogP) is 2.36. The summed E-state index contributed by atoms with van der Waals surface area (Å²) < 4.78 is 0. The fraction of sp³-hybridized carbons (Fsp3) is 0.818. The average Bonchev–Trinajstić information content (AvgIpc) is 2.02. The third-order valence-corrected chi connectivity index (χ3v) is 2.91. The standard InChI is InChI=1S/C11H18O2/c1-11(2)6-5-9(4-3-7-12)10(13)8-11/h7,9H,3-6,8H2,1-2H3. The smallest absolute Gasteiger partial charge is 0.136 e. The second-order valence-corrected chi connectivity index (χ2v) is 4.79. The van der Waals surface area contributed by atoms with E-state index in [9.17, 15) is 9.59 Å². The molecule has 0 N–H and O–H groups in total. The highest BCUT2D eigenvalue weighted by Gasteiger charge is 2.32. The summed E-state index contributed by atoms with van der Waals surface area (Å²) in [6.45, 7) is 4.28. The summed E-state index contributed by atoms with van der Waals surface area (Å²) in [4.78, 5) is 21.8. The molecule has 0 amide bonds. The number of hydrogen-bond donors (Lipinski definition) is 0. The highest BCUT2D eigenvalue weighted by molar-refractivity contribution is 5.82. The first-order chi connectivity index (χ1) is 6.05. The van der Waals surface area contributed by atoms with Gasteiger partial charge in [-0.15, -0.1) is 0 Å². The van der Waals surface area contributed by atoms with Crippen LogP contribution in [0.15, 0.2) is 0 Å². The molecule has 0 aliphatic heterocycles. The molecule has 1 unspecified atom stereocenters. The summed E-state index contributed by atoms with van der Waals surface area (Å²) in [6.07, 6.45) is 4.99. The summed E-state index contributed by atoms with van der Waals surface area (Å²) in [7, 11) is 0. The van der Waals surface area contributed by atoms with E-state index < -0.39 is 0 Å². The maximum Gasteiger partial charge on any atom is 0.136 e. The van der Waals surface area contributed by atoms with Crippen LogP contribution in [0.25, 0.3) is 0 Å². The molecule has 1 atom stereocenters. The van der Waals surface area contributed by atoms with Gasteiger partial charge in [-0.1, -0.05) is 13.8 Å². The first kappa shape index (κ1) is 10.4. The van der Waals surface area contributed by atoms with Crippen LogP contribution in [0.4, 0.5) is 0 Å². The van der Waals surface area contributed by atoms with Gasteiger partial charge >= 0.3 is 0 Å². The molecule has 13 heavy (non-hydrogen) atoms. The normalized spacial score (nSPS) is 27.2. The molecule has 0 spiro atoms. The first-order valence-electron chi connectivity index (χ1n) is 5.01. The zero-order valence-electron chi connectivity index (χ0n) is 8.51. The van der Waals surface area contributed by atoms with Gasteiger partial charge in [0, 0.05) is 18.8 Å². The van der Waals surface area contributed by atoms with Crippen LogP contribution < -0.4 is 0 Å². The second kappa shape index (κ2) is 4.03. The highest BCUT2D eigenvalue weighted by atomic mass is 16.1. The van der Waals surface area contributed by atoms with Crippen molar-refractivity contribution >= 4 is 12.1 Å². The molecule has 1 saturated carbocycles. The quantitative estimate of drug-likeness (QED) is 0.628. The number of carbonyl (C=O) groups is 2. The lowest BCUT2D eigenvalue weighted by Crippen LogP contribution is -2.29. The van der Waals surface area contributed by atoms with Crippen LogP contribution in [0.2, 0.25) is 0 Å². The van der Waals surface area contributed by atoms with Gasteiger partial charge in [-0.25, -0.2) is 0 Å². The van der Waals surface area contributed by atoms with Gasteiger partial charge in [0.1, 0.15) is 12.1 Å². The maximum absolute atomic E-state index is 11.6. The summed E-state index contributed by atoms with van der Waals surface area (Å²) in [6, 6.07) is 0. The number of rotatable bonds is 3. The fourth-order valence-corrected chi connectivity index (χ4v) is 2.00. The lowest BCUT2D eigenvalue weighted by Gasteiger charge is -2.32.